The molecule has 1 aliphatic heterocycles. The van der Waals surface area contributed by atoms with E-state index in [0.717, 1.165) is 11.1 Å². The Hall–Kier alpha value is -3.08. The summed E-state index contributed by atoms with van der Waals surface area (Å²) in [5, 5.41) is 0. The molecule has 5 heteroatoms. The van der Waals surface area contributed by atoms with Crippen LogP contribution in [0.4, 0.5) is 0 Å². The second-order valence-electron chi connectivity index (χ2n) is 5.53. The molecule has 2 unspecified atom stereocenters. The number of Topliss-reactive ketones (excluding diaryl/α,β-unsaturated/α-hetero) is 2. The molecule has 0 spiro atoms. The second-order valence-corrected chi connectivity index (χ2v) is 5.53. The molecule has 0 saturated heterocycles. The van der Waals surface area contributed by atoms with Gasteiger partial charge in [0.1, 0.15) is 6.04 Å². The lowest BCUT2D eigenvalue weighted by Gasteiger charge is -2.31. The summed E-state index contributed by atoms with van der Waals surface area (Å²) in [4.78, 5) is 44.5. The number of H-pyrrole nitrogens is 1. The zero-order valence-corrected chi connectivity index (χ0v) is 12.0. The summed E-state index contributed by atoms with van der Waals surface area (Å²) in [6.07, 6.45) is 4.69. The smallest absolute Gasteiger partial charge is 0.194 e. The van der Waals surface area contributed by atoms with Crippen molar-refractivity contribution in [1.29, 1.82) is 0 Å². The number of aromatic amines is 1. The number of rotatable bonds is 1. The minimum absolute atomic E-state index is 0.0785. The van der Waals surface area contributed by atoms with Gasteiger partial charge in [-0.1, -0.05) is 30.3 Å². The minimum atomic E-state index is -0.862. The van der Waals surface area contributed by atoms with E-state index < -0.39 is 23.2 Å². The SMILES string of the molecule is O=C1c2c([nH]ccc2=O)C(=O)C2C(c3ccccc3)=CC=NC12. The van der Waals surface area contributed by atoms with E-state index in [1.807, 2.05) is 30.3 Å². The molecule has 0 radical (unpaired) electrons. The topological polar surface area (TPSA) is 79.4 Å². The first-order valence-electron chi connectivity index (χ1n) is 7.27. The molecule has 1 aromatic heterocycles. The van der Waals surface area contributed by atoms with Crippen LogP contribution in [0.3, 0.4) is 0 Å². The van der Waals surface area contributed by atoms with Gasteiger partial charge < -0.3 is 4.98 Å². The Labute approximate surface area is 131 Å². The number of hydrogen-bond donors (Lipinski definition) is 1. The Morgan fingerprint density at radius 1 is 0.957 bits per heavy atom. The number of benzene rings is 1. The molecule has 1 aliphatic carbocycles. The largest absolute Gasteiger partial charge is 0.358 e. The third-order valence-electron chi connectivity index (χ3n) is 4.26. The van der Waals surface area contributed by atoms with Crippen LogP contribution in [-0.2, 0) is 0 Å². The van der Waals surface area contributed by atoms with Crippen LogP contribution in [0.25, 0.3) is 5.57 Å². The molecule has 0 saturated carbocycles. The summed E-state index contributed by atoms with van der Waals surface area (Å²) in [6, 6.07) is 9.82. The van der Waals surface area contributed by atoms with E-state index in [9.17, 15) is 14.4 Å². The predicted molar refractivity (Wildman–Crippen MR) is 85.9 cm³/mol. The first-order valence-corrected chi connectivity index (χ1v) is 7.27. The van der Waals surface area contributed by atoms with Gasteiger partial charge in [0.15, 0.2) is 17.0 Å². The third-order valence-corrected chi connectivity index (χ3v) is 4.26. The number of carbonyl (C=O) groups is 2. The van der Waals surface area contributed by atoms with Crippen LogP contribution < -0.4 is 5.43 Å². The van der Waals surface area contributed by atoms with Crippen molar-refractivity contribution in [3.05, 3.63) is 75.7 Å². The number of ketones is 2. The van der Waals surface area contributed by atoms with Gasteiger partial charge >= 0.3 is 0 Å². The van der Waals surface area contributed by atoms with Crippen LogP contribution in [0.5, 0.6) is 0 Å². The summed E-state index contributed by atoms with van der Waals surface area (Å²) in [5.74, 6) is -1.36. The standard InChI is InChI=1S/C18H12N2O3/c21-12-7-9-20-16-14(12)18(23)15-13(17(16)22)11(6-8-19-15)10-4-2-1-3-5-10/h1-9,13,15H,(H,20,21). The van der Waals surface area contributed by atoms with Crippen molar-refractivity contribution >= 4 is 23.4 Å². The van der Waals surface area contributed by atoms with Crippen molar-refractivity contribution in [3.8, 4) is 0 Å². The minimum Gasteiger partial charge on any atom is -0.358 e. The zero-order chi connectivity index (χ0) is 16.0. The van der Waals surface area contributed by atoms with Crippen LogP contribution in [0.2, 0.25) is 0 Å². The van der Waals surface area contributed by atoms with E-state index in [0.29, 0.717) is 0 Å². The van der Waals surface area contributed by atoms with Gasteiger partial charge in [-0.3, -0.25) is 19.4 Å². The highest BCUT2D eigenvalue weighted by Gasteiger charge is 2.45. The molecule has 2 heterocycles. The number of hydrogen-bond acceptors (Lipinski definition) is 4. The number of carbonyl (C=O) groups excluding carboxylic acids is 2. The zero-order valence-electron chi connectivity index (χ0n) is 12.0. The summed E-state index contributed by atoms with van der Waals surface area (Å²) in [7, 11) is 0. The van der Waals surface area contributed by atoms with Gasteiger partial charge in [0.2, 0.25) is 0 Å². The summed E-state index contributed by atoms with van der Waals surface area (Å²) >= 11 is 0. The van der Waals surface area contributed by atoms with E-state index in [4.69, 9.17) is 0 Å². The average molecular weight is 304 g/mol. The van der Waals surface area contributed by atoms with Gasteiger partial charge in [0.25, 0.3) is 0 Å². The molecule has 0 bridgehead atoms. The fourth-order valence-electron chi connectivity index (χ4n) is 3.21. The van der Waals surface area contributed by atoms with Crippen molar-refractivity contribution in [3.63, 3.8) is 0 Å². The monoisotopic (exact) mass is 304 g/mol. The highest BCUT2D eigenvalue weighted by Crippen LogP contribution is 2.36. The molecule has 2 aromatic rings. The highest BCUT2D eigenvalue weighted by atomic mass is 16.2. The van der Waals surface area contributed by atoms with Crippen molar-refractivity contribution < 1.29 is 9.59 Å². The number of dihydropyridines is 1. The summed E-state index contributed by atoms with van der Waals surface area (Å²) < 4.78 is 0. The van der Waals surface area contributed by atoms with Crippen LogP contribution in [0, 0.1) is 5.92 Å². The Morgan fingerprint density at radius 2 is 1.74 bits per heavy atom. The molecule has 5 nitrogen and oxygen atoms in total. The number of nitrogens with one attached hydrogen (secondary N) is 1. The van der Waals surface area contributed by atoms with E-state index >= 15 is 0 Å². The maximum atomic E-state index is 12.9. The highest BCUT2D eigenvalue weighted by molar-refractivity contribution is 6.21. The molecule has 2 atom stereocenters. The number of aromatic nitrogens is 1. The summed E-state index contributed by atoms with van der Waals surface area (Å²) in [6.45, 7) is 0. The van der Waals surface area contributed by atoms with Gasteiger partial charge in [0, 0.05) is 18.5 Å². The first-order chi connectivity index (χ1) is 11.2. The first kappa shape index (κ1) is 13.6. The molecule has 112 valence electrons. The van der Waals surface area contributed by atoms with Crippen LogP contribution >= 0.6 is 0 Å². The summed E-state index contributed by atoms with van der Waals surface area (Å²) in [5.41, 5.74) is 1.19. The molecule has 0 amide bonds. The van der Waals surface area contributed by atoms with Gasteiger partial charge in [-0.15, -0.1) is 0 Å². The Balaban J connectivity index is 1.91. The third kappa shape index (κ3) is 1.93. The van der Waals surface area contributed by atoms with Gasteiger partial charge in [0.05, 0.1) is 17.2 Å². The Bertz CT molecular complexity index is 938. The molecule has 0 fully saturated rings. The van der Waals surface area contributed by atoms with Crippen molar-refractivity contribution in [2.75, 3.05) is 0 Å². The number of nitrogens with zero attached hydrogens (tertiary/aromatic N) is 1. The van der Waals surface area contributed by atoms with E-state index in [-0.39, 0.29) is 17.0 Å². The molecule has 1 aromatic carbocycles. The van der Waals surface area contributed by atoms with Gasteiger partial charge in [-0.25, -0.2) is 0 Å². The van der Waals surface area contributed by atoms with Crippen LogP contribution in [0.1, 0.15) is 26.4 Å². The second kappa shape index (κ2) is 4.98. The lowest BCUT2D eigenvalue weighted by molar-refractivity contribution is 0.0825. The Morgan fingerprint density at radius 3 is 2.52 bits per heavy atom. The van der Waals surface area contributed by atoms with E-state index in [1.165, 1.54) is 18.5 Å². The van der Waals surface area contributed by atoms with Crippen molar-refractivity contribution in [2.45, 2.75) is 6.04 Å². The van der Waals surface area contributed by atoms with Gasteiger partial charge in [-0.05, 0) is 17.2 Å². The normalized spacial score (nSPS) is 22.3. The number of fused-ring (bicyclic) bond motifs is 2. The van der Waals surface area contributed by atoms with Crippen molar-refractivity contribution in [1.82, 2.24) is 4.98 Å². The van der Waals surface area contributed by atoms with Crippen molar-refractivity contribution in [2.24, 2.45) is 10.9 Å². The van der Waals surface area contributed by atoms with Crippen LogP contribution in [0.15, 0.2) is 58.5 Å². The molecule has 4 rings (SSSR count). The van der Waals surface area contributed by atoms with Crippen LogP contribution in [-0.4, -0.2) is 28.8 Å². The molecule has 1 N–H and O–H groups in total. The Kier molecular flexibility index (Phi) is 2.94. The molecular formula is C18H12N2O3. The molecule has 23 heavy (non-hydrogen) atoms. The predicted octanol–water partition coefficient (Wildman–Crippen LogP) is 1.91. The quantitative estimate of drug-likeness (QED) is 0.874. The fourth-order valence-corrected chi connectivity index (χ4v) is 3.21. The van der Waals surface area contributed by atoms with Gasteiger partial charge in [-0.2, -0.15) is 0 Å². The average Bonchev–Trinajstić information content (AvgIpc) is 2.59. The number of aliphatic imine (C=N–C) groups is 1. The lowest BCUT2D eigenvalue weighted by atomic mass is 9.74. The maximum Gasteiger partial charge on any atom is 0.194 e. The van der Waals surface area contributed by atoms with E-state index in [1.54, 1.807) is 6.08 Å². The lowest BCUT2D eigenvalue weighted by Crippen LogP contribution is -2.44. The fraction of sp³-hybridized carbons (Fsp3) is 0.111. The number of pyridine rings is 1. The molecule has 2 aliphatic rings. The molecular weight excluding hydrogens is 292 g/mol. The maximum absolute atomic E-state index is 12.9. The number of allylic oxidation sites excluding steroid dienone is 1. The van der Waals surface area contributed by atoms with E-state index in [2.05, 4.69) is 9.98 Å².